The number of rotatable bonds is 7. The Bertz CT molecular complexity index is 996. The van der Waals surface area contributed by atoms with Gasteiger partial charge in [0.05, 0.1) is 17.1 Å². The number of aromatic nitrogens is 2. The average Bonchev–Trinajstić information content (AvgIpc) is 3.06. The number of fused-ring (bicyclic) bond motifs is 1. The van der Waals surface area contributed by atoms with Crippen LogP contribution in [0.2, 0.25) is 0 Å². The fourth-order valence-electron chi connectivity index (χ4n) is 4.73. The fraction of sp³-hybridized carbons (Fsp3) is 0.391. The monoisotopic (exact) mass is 376 g/mol. The van der Waals surface area contributed by atoms with Gasteiger partial charge in [0.2, 0.25) is 5.91 Å². The smallest absolute Gasteiger partial charge is 0.224 e. The van der Waals surface area contributed by atoms with E-state index in [1.807, 2.05) is 24.4 Å². The summed E-state index contributed by atoms with van der Waals surface area (Å²) in [6, 6.07) is 16.9. The molecule has 1 saturated carbocycles. The van der Waals surface area contributed by atoms with E-state index in [4.69, 9.17) is 5.73 Å². The molecular formula is C23H28N4O. The number of nitrogens with one attached hydrogen (secondary N) is 1. The van der Waals surface area contributed by atoms with E-state index >= 15 is 0 Å². The largest absolute Gasteiger partial charge is 0.369 e. The highest BCUT2D eigenvalue weighted by Crippen LogP contribution is 2.67. The van der Waals surface area contributed by atoms with E-state index in [0.717, 1.165) is 30.2 Å². The molecule has 0 spiro atoms. The molecule has 4 rings (SSSR count). The number of H-pyrrole nitrogens is 1. The van der Waals surface area contributed by atoms with Crippen LogP contribution in [-0.4, -0.2) is 41.1 Å². The van der Waals surface area contributed by atoms with Gasteiger partial charge in [-0.1, -0.05) is 43.3 Å². The lowest BCUT2D eigenvalue weighted by molar-refractivity contribution is -0.124. The Kier molecular flexibility index (Phi) is 4.50. The van der Waals surface area contributed by atoms with E-state index in [9.17, 15) is 4.79 Å². The predicted octanol–water partition coefficient (Wildman–Crippen LogP) is 3.26. The molecule has 2 aromatic carbocycles. The number of carbonyl (C=O) groups is 1. The van der Waals surface area contributed by atoms with Gasteiger partial charge in [0.1, 0.15) is 0 Å². The van der Waals surface area contributed by atoms with E-state index in [-0.39, 0.29) is 17.4 Å². The minimum atomic E-state index is -0.497. The zero-order valence-corrected chi connectivity index (χ0v) is 16.8. The fourth-order valence-corrected chi connectivity index (χ4v) is 4.73. The van der Waals surface area contributed by atoms with E-state index in [0.29, 0.717) is 0 Å². The first kappa shape index (κ1) is 18.7. The van der Waals surface area contributed by atoms with Crippen LogP contribution in [-0.2, 0) is 16.6 Å². The molecule has 0 radical (unpaired) electrons. The van der Waals surface area contributed by atoms with Crippen LogP contribution in [0, 0.1) is 5.41 Å². The highest BCUT2D eigenvalue weighted by atomic mass is 16.1. The minimum absolute atomic E-state index is 0.184. The lowest BCUT2D eigenvalue weighted by Gasteiger charge is -2.30. The van der Waals surface area contributed by atoms with Crippen molar-refractivity contribution in [3.8, 4) is 0 Å². The molecule has 3 aromatic rings. The Balaban J connectivity index is 1.60. The van der Waals surface area contributed by atoms with Crippen LogP contribution in [0.3, 0.4) is 0 Å². The van der Waals surface area contributed by atoms with Crippen molar-refractivity contribution in [1.82, 2.24) is 15.1 Å². The highest BCUT2D eigenvalue weighted by molar-refractivity contribution is 5.87. The SMILES string of the molecule is CN(C)[C@@H](Cc1ccc2[nH]ncc2c1)CC1(C(N)=O)CC1(C)c1ccccc1. The van der Waals surface area contributed by atoms with Crippen LogP contribution in [0.1, 0.15) is 30.9 Å². The maximum Gasteiger partial charge on any atom is 0.224 e. The number of primary amides is 1. The van der Waals surface area contributed by atoms with Gasteiger partial charge in [-0.15, -0.1) is 0 Å². The summed E-state index contributed by atoms with van der Waals surface area (Å²) in [6.07, 6.45) is 4.28. The summed E-state index contributed by atoms with van der Waals surface area (Å²) >= 11 is 0. The van der Waals surface area contributed by atoms with Crippen molar-refractivity contribution in [2.75, 3.05) is 14.1 Å². The lowest BCUT2D eigenvalue weighted by Crippen LogP contribution is -2.40. The zero-order chi connectivity index (χ0) is 19.9. The van der Waals surface area contributed by atoms with Crippen molar-refractivity contribution >= 4 is 16.8 Å². The summed E-state index contributed by atoms with van der Waals surface area (Å²) in [5.74, 6) is -0.184. The summed E-state index contributed by atoms with van der Waals surface area (Å²) in [7, 11) is 4.16. The number of hydrogen-bond donors (Lipinski definition) is 2. The van der Waals surface area contributed by atoms with Crippen LogP contribution >= 0.6 is 0 Å². The van der Waals surface area contributed by atoms with Gasteiger partial charge in [-0.25, -0.2) is 0 Å². The van der Waals surface area contributed by atoms with Crippen molar-refractivity contribution in [3.63, 3.8) is 0 Å². The molecule has 5 nitrogen and oxygen atoms in total. The van der Waals surface area contributed by atoms with Gasteiger partial charge < -0.3 is 10.6 Å². The molecule has 146 valence electrons. The number of amides is 1. The number of nitrogens with zero attached hydrogens (tertiary/aromatic N) is 2. The molecule has 1 aliphatic carbocycles. The molecule has 0 saturated heterocycles. The zero-order valence-electron chi connectivity index (χ0n) is 16.8. The molecular weight excluding hydrogens is 348 g/mol. The van der Waals surface area contributed by atoms with Crippen molar-refractivity contribution in [2.24, 2.45) is 11.1 Å². The summed E-state index contributed by atoms with van der Waals surface area (Å²) < 4.78 is 0. The maximum absolute atomic E-state index is 12.6. The van der Waals surface area contributed by atoms with E-state index in [1.54, 1.807) is 0 Å². The Morgan fingerprint density at radius 1 is 1.25 bits per heavy atom. The van der Waals surface area contributed by atoms with Crippen LogP contribution in [0.5, 0.6) is 0 Å². The molecule has 2 unspecified atom stereocenters. The van der Waals surface area contributed by atoms with Gasteiger partial charge in [-0.05, 0) is 56.6 Å². The van der Waals surface area contributed by atoms with Crippen LogP contribution in [0.15, 0.2) is 54.7 Å². The van der Waals surface area contributed by atoms with Crippen LogP contribution < -0.4 is 5.73 Å². The molecule has 5 heteroatoms. The molecule has 3 atom stereocenters. The van der Waals surface area contributed by atoms with Crippen molar-refractivity contribution < 1.29 is 4.79 Å². The molecule has 1 fully saturated rings. The molecule has 3 N–H and O–H groups in total. The van der Waals surface area contributed by atoms with Gasteiger partial charge in [-0.2, -0.15) is 5.10 Å². The summed E-state index contributed by atoms with van der Waals surface area (Å²) in [4.78, 5) is 14.8. The van der Waals surface area contributed by atoms with Gasteiger partial charge in [0.25, 0.3) is 0 Å². The number of likely N-dealkylation sites (N-methyl/N-ethyl adjacent to an activating group) is 1. The second kappa shape index (κ2) is 6.74. The predicted molar refractivity (Wildman–Crippen MR) is 112 cm³/mol. The second-order valence-electron chi connectivity index (χ2n) is 8.64. The molecule has 1 amide bonds. The number of nitrogens with two attached hydrogens (primary N) is 1. The first-order valence-corrected chi connectivity index (χ1v) is 9.80. The molecule has 1 aliphatic rings. The van der Waals surface area contributed by atoms with Crippen molar-refractivity contribution in [3.05, 3.63) is 65.9 Å². The standard InChI is InChI=1S/C23H28N4O/c1-22(18-7-5-4-6-8-18)15-23(22,21(24)28)13-19(27(2)3)12-16-9-10-20-17(11-16)14-25-26-20/h4-11,14,19H,12-13,15H2,1-3H3,(H2,24,28)(H,25,26)/t19-,22?,23?/m0/s1. The summed E-state index contributed by atoms with van der Waals surface area (Å²) in [5, 5.41) is 8.21. The third-order valence-corrected chi connectivity index (χ3v) is 6.76. The third-order valence-electron chi connectivity index (χ3n) is 6.76. The third kappa shape index (κ3) is 3.00. The first-order valence-electron chi connectivity index (χ1n) is 9.80. The molecule has 1 aromatic heterocycles. The minimum Gasteiger partial charge on any atom is -0.369 e. The topological polar surface area (TPSA) is 75.0 Å². The van der Waals surface area contributed by atoms with E-state index < -0.39 is 5.41 Å². The van der Waals surface area contributed by atoms with E-state index in [2.05, 4.69) is 66.4 Å². The average molecular weight is 377 g/mol. The van der Waals surface area contributed by atoms with Gasteiger partial charge >= 0.3 is 0 Å². The highest BCUT2D eigenvalue weighted by Gasteiger charge is 2.69. The Morgan fingerprint density at radius 3 is 2.68 bits per heavy atom. The van der Waals surface area contributed by atoms with Crippen molar-refractivity contribution in [1.29, 1.82) is 0 Å². The first-order chi connectivity index (χ1) is 13.4. The number of hydrogen-bond acceptors (Lipinski definition) is 3. The van der Waals surface area contributed by atoms with Crippen molar-refractivity contribution in [2.45, 2.75) is 37.6 Å². The van der Waals surface area contributed by atoms with Gasteiger partial charge in [0, 0.05) is 16.8 Å². The molecule has 0 aliphatic heterocycles. The quantitative estimate of drug-likeness (QED) is 0.665. The van der Waals surface area contributed by atoms with Crippen LogP contribution in [0.25, 0.3) is 10.9 Å². The summed E-state index contributed by atoms with van der Waals surface area (Å²) in [6.45, 7) is 2.18. The normalized spacial score (nSPS) is 25.1. The second-order valence-corrected chi connectivity index (χ2v) is 8.64. The van der Waals surface area contributed by atoms with E-state index in [1.165, 1.54) is 11.1 Å². The number of aromatic amines is 1. The lowest BCUT2D eigenvalue weighted by atomic mass is 9.81. The Hall–Kier alpha value is -2.66. The maximum atomic E-state index is 12.6. The Morgan fingerprint density at radius 2 is 2.00 bits per heavy atom. The molecule has 1 heterocycles. The van der Waals surface area contributed by atoms with Gasteiger partial charge in [-0.3, -0.25) is 9.89 Å². The molecule has 0 bridgehead atoms. The summed E-state index contributed by atoms with van der Waals surface area (Å²) in [5.41, 5.74) is 8.77. The van der Waals surface area contributed by atoms with Crippen LogP contribution in [0.4, 0.5) is 0 Å². The van der Waals surface area contributed by atoms with Gasteiger partial charge in [0.15, 0.2) is 0 Å². The number of carbonyl (C=O) groups excluding carboxylic acids is 1. The molecule has 28 heavy (non-hydrogen) atoms. The Labute approximate surface area is 165 Å². The number of benzene rings is 2.